The quantitative estimate of drug-likeness (QED) is 0.631. The number of aliphatic hydroxyl groups is 1. The monoisotopic (exact) mass is 182 g/mol. The Kier molecular flexibility index (Phi) is 3.45. The fraction of sp³-hybridized carbons (Fsp3) is 1.00. The van der Waals surface area contributed by atoms with Crippen LogP contribution in [0.1, 0.15) is 0 Å². The van der Waals surface area contributed by atoms with Crippen LogP contribution in [0.4, 0.5) is 0 Å². The van der Waals surface area contributed by atoms with Gasteiger partial charge in [0.15, 0.2) is 0 Å². The van der Waals surface area contributed by atoms with Crippen LogP contribution < -0.4 is 0 Å². The van der Waals surface area contributed by atoms with Crippen LogP contribution in [0.15, 0.2) is 0 Å². The van der Waals surface area contributed by atoms with E-state index in [0.717, 1.165) is 0 Å². The molecule has 1 atom stereocenters. The van der Waals surface area contributed by atoms with Crippen molar-refractivity contribution in [1.29, 1.82) is 0 Å². The average Bonchev–Trinajstić information content (AvgIpc) is 1.67. The molecule has 3 nitrogen and oxygen atoms in total. The van der Waals surface area contributed by atoms with E-state index >= 15 is 0 Å². The van der Waals surface area contributed by atoms with Gasteiger partial charge in [0.2, 0.25) is 0 Å². The zero-order chi connectivity index (χ0) is 6.62. The van der Waals surface area contributed by atoms with Crippen LogP contribution in [0.5, 0.6) is 0 Å². The van der Waals surface area contributed by atoms with Crippen molar-refractivity contribution in [3.8, 4) is 0 Å². The maximum absolute atomic E-state index is 10.9. The second kappa shape index (κ2) is 3.33. The van der Waals surface area contributed by atoms with Crippen molar-refractivity contribution >= 4 is 13.8 Å². The van der Waals surface area contributed by atoms with Gasteiger partial charge in [0, 0.05) is 0 Å². The van der Waals surface area contributed by atoms with Crippen molar-refractivity contribution < 1.29 is 12.6 Å². The molecule has 0 aliphatic rings. The minimum absolute atomic E-state index is 0.0408. The molecule has 0 fully saturated rings. The molecular formula is C4H11AsO3. The molecule has 0 spiro atoms. The molecule has 0 aromatic carbocycles. The molecule has 0 heterocycles. The van der Waals surface area contributed by atoms with Crippen molar-refractivity contribution in [2.75, 3.05) is 13.7 Å². The third-order valence-electron chi connectivity index (χ3n) is 0.892. The van der Waals surface area contributed by atoms with Gasteiger partial charge in [-0.2, -0.15) is 0 Å². The van der Waals surface area contributed by atoms with E-state index in [1.807, 2.05) is 0 Å². The van der Waals surface area contributed by atoms with Gasteiger partial charge < -0.3 is 0 Å². The van der Waals surface area contributed by atoms with E-state index in [1.165, 1.54) is 7.11 Å². The summed E-state index contributed by atoms with van der Waals surface area (Å²) in [5, 5.41) is 8.61. The van der Waals surface area contributed by atoms with Crippen molar-refractivity contribution in [1.82, 2.24) is 0 Å². The standard InChI is InChI=1S/C4H11AsO3/c1-5(7,8-2)3-4-6/h6H,3-4H2,1-2H3. The van der Waals surface area contributed by atoms with Gasteiger partial charge in [0.1, 0.15) is 0 Å². The molecular weight excluding hydrogens is 171 g/mol. The third kappa shape index (κ3) is 3.30. The molecule has 0 aromatic rings. The van der Waals surface area contributed by atoms with Crippen LogP contribution in [0.2, 0.25) is 10.9 Å². The van der Waals surface area contributed by atoms with Gasteiger partial charge in [-0.3, -0.25) is 0 Å². The summed E-state index contributed by atoms with van der Waals surface area (Å²) in [7, 11) is 1.41. The first kappa shape index (κ1) is 8.28. The van der Waals surface area contributed by atoms with Crippen molar-refractivity contribution in [2.45, 2.75) is 10.9 Å². The van der Waals surface area contributed by atoms with Gasteiger partial charge >= 0.3 is 51.0 Å². The molecule has 4 heteroatoms. The van der Waals surface area contributed by atoms with E-state index < -0.39 is 13.8 Å². The van der Waals surface area contributed by atoms with Gasteiger partial charge in [-0.05, 0) is 0 Å². The summed E-state index contributed by atoms with van der Waals surface area (Å²) in [6.07, 6.45) is 0. The van der Waals surface area contributed by atoms with E-state index in [-0.39, 0.29) is 6.61 Å². The van der Waals surface area contributed by atoms with Crippen LogP contribution in [0, 0.1) is 0 Å². The molecule has 50 valence electrons. The third-order valence-corrected chi connectivity index (χ3v) is 4.64. The second-order valence-corrected chi connectivity index (χ2v) is 7.60. The summed E-state index contributed by atoms with van der Waals surface area (Å²) in [6.45, 7) is -0.0408. The molecule has 0 radical (unpaired) electrons. The summed E-state index contributed by atoms with van der Waals surface area (Å²) < 4.78 is 15.5. The molecule has 0 bridgehead atoms. The molecule has 0 saturated heterocycles. The Balaban J connectivity index is 3.55. The Hall–Kier alpha value is 0.278. The van der Waals surface area contributed by atoms with Gasteiger partial charge in [-0.15, -0.1) is 0 Å². The zero-order valence-corrected chi connectivity index (χ0v) is 7.00. The summed E-state index contributed by atoms with van der Waals surface area (Å²) in [4.78, 5) is 0. The van der Waals surface area contributed by atoms with Crippen molar-refractivity contribution in [2.24, 2.45) is 0 Å². The topological polar surface area (TPSA) is 46.5 Å². The molecule has 1 N–H and O–H groups in total. The Morgan fingerprint density at radius 1 is 1.75 bits per heavy atom. The molecule has 0 amide bonds. The van der Waals surface area contributed by atoms with E-state index in [0.29, 0.717) is 5.21 Å². The second-order valence-electron chi connectivity index (χ2n) is 1.64. The van der Waals surface area contributed by atoms with Crippen LogP contribution >= 0.6 is 0 Å². The van der Waals surface area contributed by atoms with E-state index in [1.54, 1.807) is 5.71 Å². The number of rotatable bonds is 3. The Morgan fingerprint density at radius 3 is 2.38 bits per heavy atom. The predicted molar refractivity (Wildman–Crippen MR) is 31.2 cm³/mol. The van der Waals surface area contributed by atoms with Crippen LogP contribution in [0.25, 0.3) is 0 Å². The summed E-state index contributed by atoms with van der Waals surface area (Å²) in [6, 6.07) is 0. The molecule has 1 unspecified atom stereocenters. The molecule has 0 aliphatic carbocycles. The minimum atomic E-state index is -2.98. The van der Waals surface area contributed by atoms with E-state index in [2.05, 4.69) is 3.73 Å². The van der Waals surface area contributed by atoms with Crippen LogP contribution in [-0.2, 0) is 7.47 Å². The van der Waals surface area contributed by atoms with Gasteiger partial charge in [-0.25, -0.2) is 0 Å². The fourth-order valence-corrected chi connectivity index (χ4v) is 1.42. The number of aliphatic hydroxyl groups excluding tert-OH is 1. The Bertz CT molecular complexity index is 101. The van der Waals surface area contributed by atoms with Crippen LogP contribution in [-0.4, -0.2) is 32.7 Å². The van der Waals surface area contributed by atoms with Gasteiger partial charge in [-0.1, -0.05) is 0 Å². The summed E-state index contributed by atoms with van der Waals surface area (Å²) in [5.74, 6) is 0. The first-order valence-electron chi connectivity index (χ1n) is 2.35. The molecule has 0 rings (SSSR count). The average molecular weight is 182 g/mol. The molecule has 0 saturated carbocycles. The molecule has 0 aliphatic heterocycles. The predicted octanol–water partition coefficient (Wildman–Crippen LogP) is 0.128. The van der Waals surface area contributed by atoms with Gasteiger partial charge in [0.25, 0.3) is 0 Å². The zero-order valence-electron chi connectivity index (χ0n) is 5.13. The first-order valence-corrected chi connectivity index (χ1v) is 7.09. The molecule has 8 heavy (non-hydrogen) atoms. The SMILES string of the molecule is CO[As](C)(=O)CCO. The van der Waals surface area contributed by atoms with Crippen molar-refractivity contribution in [3.05, 3.63) is 0 Å². The maximum atomic E-state index is 10.9. The fourth-order valence-electron chi connectivity index (χ4n) is 0.273. The summed E-state index contributed by atoms with van der Waals surface area (Å²) in [5.41, 5.74) is 1.56. The Morgan fingerprint density at radius 2 is 2.25 bits per heavy atom. The number of hydrogen-bond donors (Lipinski definition) is 1. The first-order chi connectivity index (χ1) is 3.62. The van der Waals surface area contributed by atoms with Crippen LogP contribution in [0.3, 0.4) is 0 Å². The van der Waals surface area contributed by atoms with E-state index in [4.69, 9.17) is 5.11 Å². The summed E-state index contributed by atoms with van der Waals surface area (Å²) >= 11 is -2.98. The van der Waals surface area contributed by atoms with Crippen molar-refractivity contribution in [3.63, 3.8) is 0 Å². The van der Waals surface area contributed by atoms with E-state index in [9.17, 15) is 3.74 Å². The Labute approximate surface area is 51.7 Å². The normalized spacial score (nSPS) is 17.9. The molecule has 0 aromatic heterocycles. The number of hydrogen-bond acceptors (Lipinski definition) is 3. The van der Waals surface area contributed by atoms with Gasteiger partial charge in [0.05, 0.1) is 0 Å².